The fourth-order valence-corrected chi connectivity index (χ4v) is 8.88. The number of hydrogen-bond donors (Lipinski definition) is 0. The molecule has 5 heteroatoms. The molecular weight excluding hydrogens is 671 g/mol. The number of fused-ring (bicyclic) bond motifs is 9. The quantitative estimate of drug-likeness (QED) is 0.184. The number of hydrogen-bond acceptors (Lipinski definition) is 2. The van der Waals surface area contributed by atoms with Crippen LogP contribution in [0.1, 0.15) is 11.1 Å². The van der Waals surface area contributed by atoms with Crippen molar-refractivity contribution in [2.24, 2.45) is 0 Å². The molecule has 0 radical (unpaired) electrons. The summed E-state index contributed by atoms with van der Waals surface area (Å²) in [5.41, 5.74) is 12.2. The molecule has 0 saturated heterocycles. The number of aromatic nitrogens is 3. The normalized spacial score (nSPS) is 11.6. The third kappa shape index (κ3) is 4.33. The predicted molar refractivity (Wildman–Crippen MR) is 224 cm³/mol. The molecule has 11 aromatic rings. The van der Waals surface area contributed by atoms with Crippen molar-refractivity contribution in [1.82, 2.24) is 13.7 Å². The number of benzene rings is 8. The van der Waals surface area contributed by atoms with Gasteiger partial charge in [0.25, 0.3) is 0 Å². The van der Waals surface area contributed by atoms with Crippen LogP contribution in [0.5, 0.6) is 0 Å². The lowest BCUT2D eigenvalue weighted by Crippen LogP contribution is -2.04. The molecule has 11 rings (SSSR count). The highest BCUT2D eigenvalue weighted by Gasteiger charge is 2.23. The number of para-hydroxylation sites is 6. The van der Waals surface area contributed by atoms with E-state index in [9.17, 15) is 10.5 Å². The zero-order valence-electron chi connectivity index (χ0n) is 29.5. The van der Waals surface area contributed by atoms with Gasteiger partial charge in [-0.05, 0) is 60.7 Å². The summed E-state index contributed by atoms with van der Waals surface area (Å²) in [6.45, 7) is 0. The van der Waals surface area contributed by atoms with Gasteiger partial charge < -0.3 is 13.7 Å². The third-order valence-electron chi connectivity index (χ3n) is 11.1. The second kappa shape index (κ2) is 11.8. The Labute approximate surface area is 316 Å². The minimum Gasteiger partial charge on any atom is -0.308 e. The molecule has 55 heavy (non-hydrogen) atoms. The molecule has 0 bridgehead atoms. The maximum atomic E-state index is 11.1. The van der Waals surface area contributed by atoms with Crippen LogP contribution in [0.25, 0.3) is 93.6 Å². The molecule has 0 N–H and O–H groups in total. The highest BCUT2D eigenvalue weighted by molar-refractivity contribution is 6.15. The van der Waals surface area contributed by atoms with E-state index in [-0.39, 0.29) is 0 Å². The molecule has 0 aliphatic heterocycles. The Morgan fingerprint density at radius 1 is 0.327 bits per heavy atom. The molecule has 0 unspecified atom stereocenters. The Balaban J connectivity index is 1.22. The Morgan fingerprint density at radius 2 is 0.782 bits per heavy atom. The lowest BCUT2D eigenvalue weighted by Gasteiger charge is -2.19. The van der Waals surface area contributed by atoms with Crippen LogP contribution in [0.3, 0.4) is 0 Å². The Kier molecular flexibility index (Phi) is 6.61. The van der Waals surface area contributed by atoms with Crippen LogP contribution in [0.2, 0.25) is 0 Å². The lowest BCUT2D eigenvalue weighted by atomic mass is 9.96. The van der Waals surface area contributed by atoms with Crippen molar-refractivity contribution in [1.29, 1.82) is 10.5 Å². The van der Waals surface area contributed by atoms with E-state index < -0.39 is 0 Å². The largest absolute Gasteiger partial charge is 0.308 e. The lowest BCUT2D eigenvalue weighted by molar-refractivity contribution is 1.13. The Hall–Kier alpha value is -7.86. The maximum absolute atomic E-state index is 11.1. The van der Waals surface area contributed by atoms with E-state index in [4.69, 9.17) is 0 Å². The zero-order chi connectivity index (χ0) is 36.6. The maximum Gasteiger partial charge on any atom is 0.102 e. The molecular formula is C50H29N5. The SMILES string of the molecule is N#Cc1ccc2c(c1)c1ccccc1n2-c1cccc(-c2ccccc2-n2c3ccccc3c3cccc(-n4c5ccccc5c5ccccc54)c32)c1C#N. The molecule has 0 fully saturated rings. The predicted octanol–water partition coefficient (Wildman–Crippen LogP) is 12.4. The van der Waals surface area contributed by atoms with Crippen LogP contribution in [0.15, 0.2) is 176 Å². The van der Waals surface area contributed by atoms with E-state index in [1.807, 2.05) is 42.5 Å². The van der Waals surface area contributed by atoms with Crippen LogP contribution >= 0.6 is 0 Å². The first-order chi connectivity index (χ1) is 27.2. The molecule has 8 aromatic carbocycles. The standard InChI is InChI=1S/C50H29N5/c51-30-32-27-28-48-40(29-32)38-17-5-8-22-44(38)53(48)47-25-11-18-33(41(47)31-52)34-13-1-9-23-45(34)55-46-24-10-4-16-37(46)39-19-12-26-49(50(39)55)54-42-20-6-2-14-35(42)36-15-3-7-21-43(36)54/h1-29H. The van der Waals surface area contributed by atoms with Crippen molar-refractivity contribution >= 4 is 65.4 Å². The van der Waals surface area contributed by atoms with Crippen LogP contribution in [0.4, 0.5) is 0 Å². The third-order valence-corrected chi connectivity index (χ3v) is 11.1. The van der Waals surface area contributed by atoms with Crippen LogP contribution in [-0.4, -0.2) is 13.7 Å². The van der Waals surface area contributed by atoms with E-state index in [2.05, 4.69) is 159 Å². The van der Waals surface area contributed by atoms with E-state index >= 15 is 0 Å². The van der Waals surface area contributed by atoms with Crippen molar-refractivity contribution in [3.05, 3.63) is 187 Å². The molecule has 0 atom stereocenters. The van der Waals surface area contributed by atoms with Crippen molar-refractivity contribution < 1.29 is 0 Å². The van der Waals surface area contributed by atoms with Gasteiger partial charge in [-0.15, -0.1) is 0 Å². The van der Waals surface area contributed by atoms with Gasteiger partial charge in [-0.2, -0.15) is 10.5 Å². The Morgan fingerprint density at radius 3 is 1.44 bits per heavy atom. The summed E-state index contributed by atoms with van der Waals surface area (Å²) in [6.07, 6.45) is 0. The second-order valence-electron chi connectivity index (χ2n) is 13.9. The van der Waals surface area contributed by atoms with E-state index in [0.717, 1.165) is 82.8 Å². The van der Waals surface area contributed by atoms with Gasteiger partial charge in [0.05, 0.1) is 67.4 Å². The number of nitrogens with zero attached hydrogens (tertiary/aromatic N) is 5. The van der Waals surface area contributed by atoms with Gasteiger partial charge in [-0.3, -0.25) is 0 Å². The first-order valence-electron chi connectivity index (χ1n) is 18.3. The summed E-state index contributed by atoms with van der Waals surface area (Å²) < 4.78 is 6.94. The smallest absolute Gasteiger partial charge is 0.102 e. The van der Waals surface area contributed by atoms with Crippen molar-refractivity contribution in [3.63, 3.8) is 0 Å². The monoisotopic (exact) mass is 699 g/mol. The first-order valence-corrected chi connectivity index (χ1v) is 18.3. The number of nitriles is 2. The van der Waals surface area contributed by atoms with Crippen LogP contribution < -0.4 is 0 Å². The molecule has 0 saturated carbocycles. The summed E-state index contributed by atoms with van der Waals surface area (Å²) in [7, 11) is 0. The highest BCUT2D eigenvalue weighted by atomic mass is 15.1. The van der Waals surface area contributed by atoms with Gasteiger partial charge in [-0.1, -0.05) is 115 Å². The molecule has 254 valence electrons. The van der Waals surface area contributed by atoms with Gasteiger partial charge in [0, 0.05) is 43.4 Å². The van der Waals surface area contributed by atoms with E-state index in [0.29, 0.717) is 11.1 Å². The topological polar surface area (TPSA) is 62.4 Å². The minimum absolute atomic E-state index is 0.574. The van der Waals surface area contributed by atoms with E-state index in [1.54, 1.807) is 0 Å². The first kappa shape index (κ1) is 30.7. The van der Waals surface area contributed by atoms with Crippen LogP contribution in [-0.2, 0) is 0 Å². The minimum atomic E-state index is 0.574. The summed E-state index contributed by atoms with van der Waals surface area (Å²) in [5.74, 6) is 0. The molecule has 0 aliphatic carbocycles. The molecule has 0 aliphatic rings. The fourth-order valence-electron chi connectivity index (χ4n) is 8.88. The fraction of sp³-hybridized carbons (Fsp3) is 0. The molecule has 0 amide bonds. The van der Waals surface area contributed by atoms with Gasteiger partial charge >= 0.3 is 0 Å². The zero-order valence-corrected chi connectivity index (χ0v) is 29.5. The second-order valence-corrected chi connectivity index (χ2v) is 13.9. The van der Waals surface area contributed by atoms with Crippen molar-refractivity contribution in [3.8, 4) is 40.3 Å². The van der Waals surface area contributed by atoms with Gasteiger partial charge in [0.2, 0.25) is 0 Å². The summed E-state index contributed by atoms with van der Waals surface area (Å²) in [4.78, 5) is 0. The average molecular weight is 700 g/mol. The highest BCUT2D eigenvalue weighted by Crippen LogP contribution is 2.43. The Bertz CT molecular complexity index is 3420. The molecule has 5 nitrogen and oxygen atoms in total. The van der Waals surface area contributed by atoms with Crippen molar-refractivity contribution in [2.75, 3.05) is 0 Å². The summed E-state index contributed by atoms with van der Waals surface area (Å²) in [6, 6.07) is 65.9. The van der Waals surface area contributed by atoms with Crippen LogP contribution in [0, 0.1) is 22.7 Å². The molecule has 3 heterocycles. The van der Waals surface area contributed by atoms with Gasteiger partial charge in [-0.25, -0.2) is 0 Å². The summed E-state index contributed by atoms with van der Waals surface area (Å²) >= 11 is 0. The average Bonchev–Trinajstić information content (AvgIpc) is 3.89. The van der Waals surface area contributed by atoms with E-state index in [1.165, 1.54) is 10.8 Å². The summed E-state index contributed by atoms with van der Waals surface area (Å²) in [5, 5.41) is 27.6. The molecule has 3 aromatic heterocycles. The van der Waals surface area contributed by atoms with Crippen molar-refractivity contribution in [2.45, 2.75) is 0 Å². The van der Waals surface area contributed by atoms with Gasteiger partial charge in [0.15, 0.2) is 0 Å². The molecule has 0 spiro atoms. The van der Waals surface area contributed by atoms with Gasteiger partial charge in [0.1, 0.15) is 6.07 Å². The number of rotatable bonds is 4.